The van der Waals surface area contributed by atoms with Crippen molar-refractivity contribution in [2.75, 3.05) is 6.54 Å². The van der Waals surface area contributed by atoms with Crippen molar-refractivity contribution in [2.24, 2.45) is 11.1 Å². The van der Waals surface area contributed by atoms with Gasteiger partial charge in [0.05, 0.1) is 12.2 Å². The third kappa shape index (κ3) is 2.71. The first kappa shape index (κ1) is 12.0. The van der Waals surface area contributed by atoms with Gasteiger partial charge < -0.3 is 10.5 Å². The highest BCUT2D eigenvalue weighted by Crippen LogP contribution is 2.35. The Balaban J connectivity index is 2.47. The second kappa shape index (κ2) is 5.13. The largest absolute Gasteiger partial charge is 0.375 e. The van der Waals surface area contributed by atoms with E-state index in [2.05, 4.69) is 20.8 Å². The Bertz CT molecular complexity index is 157. The first-order chi connectivity index (χ1) is 6.65. The van der Waals surface area contributed by atoms with Gasteiger partial charge in [-0.1, -0.05) is 13.8 Å². The molecule has 2 N–H and O–H groups in total. The molecule has 2 unspecified atom stereocenters. The third-order valence-electron chi connectivity index (χ3n) is 3.91. The molecule has 1 aliphatic heterocycles. The zero-order valence-corrected chi connectivity index (χ0v) is 9.88. The molecule has 0 saturated carbocycles. The molecule has 2 heteroatoms. The Morgan fingerprint density at radius 2 is 1.93 bits per heavy atom. The molecule has 84 valence electrons. The van der Waals surface area contributed by atoms with Crippen LogP contribution < -0.4 is 5.73 Å². The van der Waals surface area contributed by atoms with E-state index in [9.17, 15) is 0 Å². The highest BCUT2D eigenvalue weighted by molar-refractivity contribution is 4.84. The van der Waals surface area contributed by atoms with Crippen LogP contribution in [0.4, 0.5) is 0 Å². The molecular weight excluding hydrogens is 174 g/mol. The van der Waals surface area contributed by atoms with E-state index < -0.39 is 0 Å². The van der Waals surface area contributed by atoms with Gasteiger partial charge in [-0.2, -0.15) is 0 Å². The molecule has 2 nitrogen and oxygen atoms in total. The van der Waals surface area contributed by atoms with Crippen LogP contribution in [0.25, 0.3) is 0 Å². The van der Waals surface area contributed by atoms with Crippen molar-refractivity contribution in [3.63, 3.8) is 0 Å². The molecule has 0 aromatic carbocycles. The van der Waals surface area contributed by atoms with Crippen LogP contribution in [0.1, 0.15) is 52.9 Å². The molecule has 1 saturated heterocycles. The van der Waals surface area contributed by atoms with E-state index in [1.54, 1.807) is 0 Å². The van der Waals surface area contributed by atoms with E-state index in [-0.39, 0.29) is 0 Å². The molecule has 0 bridgehead atoms. The molecular formula is C12H25NO. The van der Waals surface area contributed by atoms with Gasteiger partial charge in [-0.05, 0) is 51.0 Å². The Hall–Kier alpha value is -0.0800. The monoisotopic (exact) mass is 199 g/mol. The maximum atomic E-state index is 5.89. The lowest BCUT2D eigenvalue weighted by atomic mass is 9.77. The van der Waals surface area contributed by atoms with Crippen LogP contribution in [0, 0.1) is 5.41 Å². The van der Waals surface area contributed by atoms with Crippen LogP contribution in [-0.4, -0.2) is 18.8 Å². The highest BCUT2D eigenvalue weighted by atomic mass is 16.5. The van der Waals surface area contributed by atoms with Crippen molar-refractivity contribution in [3.05, 3.63) is 0 Å². The van der Waals surface area contributed by atoms with E-state index in [0.29, 0.717) is 17.6 Å². The lowest BCUT2D eigenvalue weighted by molar-refractivity contribution is 0.0208. The minimum Gasteiger partial charge on any atom is -0.375 e. The summed E-state index contributed by atoms with van der Waals surface area (Å²) in [5.41, 5.74) is 6.21. The fourth-order valence-corrected chi connectivity index (χ4v) is 2.43. The Labute approximate surface area is 88.2 Å². The molecule has 1 heterocycles. The Morgan fingerprint density at radius 3 is 2.29 bits per heavy atom. The summed E-state index contributed by atoms with van der Waals surface area (Å²) in [5.74, 6) is 0. The molecule has 1 rings (SSSR count). The van der Waals surface area contributed by atoms with Crippen molar-refractivity contribution in [1.29, 1.82) is 0 Å². The van der Waals surface area contributed by atoms with Gasteiger partial charge in [0.15, 0.2) is 0 Å². The summed E-state index contributed by atoms with van der Waals surface area (Å²) in [4.78, 5) is 0. The smallest absolute Gasteiger partial charge is 0.0585 e. The SMILES string of the molecule is CCC(CC)(CN)CC1CCC(C)O1. The highest BCUT2D eigenvalue weighted by Gasteiger charge is 2.32. The minimum absolute atomic E-state index is 0.328. The van der Waals surface area contributed by atoms with E-state index >= 15 is 0 Å². The van der Waals surface area contributed by atoms with Crippen LogP contribution >= 0.6 is 0 Å². The first-order valence-corrected chi connectivity index (χ1v) is 6.01. The predicted molar refractivity (Wildman–Crippen MR) is 60.3 cm³/mol. The zero-order valence-electron chi connectivity index (χ0n) is 9.88. The maximum absolute atomic E-state index is 5.89. The molecule has 0 aromatic rings. The zero-order chi connectivity index (χ0) is 10.6. The van der Waals surface area contributed by atoms with Crippen LogP contribution in [0.5, 0.6) is 0 Å². The fourth-order valence-electron chi connectivity index (χ4n) is 2.43. The van der Waals surface area contributed by atoms with Crippen molar-refractivity contribution >= 4 is 0 Å². The van der Waals surface area contributed by atoms with Gasteiger partial charge in [-0.25, -0.2) is 0 Å². The summed E-state index contributed by atoms with van der Waals surface area (Å²) in [6.07, 6.45) is 6.88. The number of nitrogens with two attached hydrogens (primary N) is 1. The van der Waals surface area contributed by atoms with Gasteiger partial charge in [0.1, 0.15) is 0 Å². The van der Waals surface area contributed by atoms with Crippen molar-refractivity contribution < 1.29 is 4.74 Å². The van der Waals surface area contributed by atoms with Crippen LogP contribution in [-0.2, 0) is 4.74 Å². The molecule has 0 aliphatic carbocycles. The molecule has 14 heavy (non-hydrogen) atoms. The lowest BCUT2D eigenvalue weighted by Crippen LogP contribution is -2.33. The van der Waals surface area contributed by atoms with E-state index in [1.807, 2.05) is 0 Å². The lowest BCUT2D eigenvalue weighted by Gasteiger charge is -2.32. The van der Waals surface area contributed by atoms with Gasteiger partial charge >= 0.3 is 0 Å². The first-order valence-electron chi connectivity index (χ1n) is 6.01. The van der Waals surface area contributed by atoms with Crippen molar-refractivity contribution in [3.8, 4) is 0 Å². The van der Waals surface area contributed by atoms with E-state index in [4.69, 9.17) is 10.5 Å². The summed E-state index contributed by atoms with van der Waals surface area (Å²) in [6.45, 7) is 7.46. The topological polar surface area (TPSA) is 35.2 Å². The second-order valence-electron chi connectivity index (χ2n) is 4.76. The van der Waals surface area contributed by atoms with Gasteiger partial charge in [-0.15, -0.1) is 0 Å². The number of hydrogen-bond donors (Lipinski definition) is 1. The average Bonchev–Trinajstić information content (AvgIpc) is 2.61. The molecule has 1 aliphatic rings. The van der Waals surface area contributed by atoms with Gasteiger partial charge in [0.2, 0.25) is 0 Å². The van der Waals surface area contributed by atoms with Gasteiger partial charge in [-0.3, -0.25) is 0 Å². The quantitative estimate of drug-likeness (QED) is 0.739. The molecule has 0 spiro atoms. The third-order valence-corrected chi connectivity index (χ3v) is 3.91. The van der Waals surface area contributed by atoms with E-state index in [1.165, 1.54) is 25.7 Å². The van der Waals surface area contributed by atoms with Crippen molar-refractivity contribution in [2.45, 2.75) is 65.1 Å². The second-order valence-corrected chi connectivity index (χ2v) is 4.76. The van der Waals surface area contributed by atoms with Crippen LogP contribution in [0.2, 0.25) is 0 Å². The summed E-state index contributed by atoms with van der Waals surface area (Å²) in [6, 6.07) is 0. The van der Waals surface area contributed by atoms with Gasteiger partial charge in [0, 0.05) is 0 Å². The van der Waals surface area contributed by atoms with Gasteiger partial charge in [0.25, 0.3) is 0 Å². The fraction of sp³-hybridized carbons (Fsp3) is 1.00. The Kier molecular flexibility index (Phi) is 4.39. The van der Waals surface area contributed by atoms with E-state index in [0.717, 1.165) is 13.0 Å². The van der Waals surface area contributed by atoms with Crippen LogP contribution in [0.3, 0.4) is 0 Å². The molecule has 2 atom stereocenters. The number of hydrogen-bond acceptors (Lipinski definition) is 2. The number of ether oxygens (including phenoxy) is 1. The molecule has 0 radical (unpaired) electrons. The number of rotatable bonds is 5. The normalized spacial score (nSPS) is 28.3. The summed E-state index contributed by atoms with van der Waals surface area (Å²) in [7, 11) is 0. The summed E-state index contributed by atoms with van der Waals surface area (Å²) < 4.78 is 5.87. The average molecular weight is 199 g/mol. The molecule has 0 aromatic heterocycles. The maximum Gasteiger partial charge on any atom is 0.0585 e. The minimum atomic E-state index is 0.328. The molecule has 1 fully saturated rings. The Morgan fingerprint density at radius 1 is 1.29 bits per heavy atom. The molecule has 0 amide bonds. The predicted octanol–water partition coefficient (Wildman–Crippen LogP) is 2.71. The summed E-state index contributed by atoms with van der Waals surface area (Å²) >= 11 is 0. The van der Waals surface area contributed by atoms with Crippen molar-refractivity contribution in [1.82, 2.24) is 0 Å². The summed E-state index contributed by atoms with van der Waals surface area (Å²) in [5, 5.41) is 0. The standard InChI is InChI=1S/C12H25NO/c1-4-12(5-2,9-13)8-11-7-6-10(3)14-11/h10-11H,4-9,13H2,1-3H3. The van der Waals surface area contributed by atoms with Crippen LogP contribution in [0.15, 0.2) is 0 Å².